The number of nitrogens with zero attached hydrogens (tertiary/aromatic N) is 1. The SMILES string of the molecule is CCN(CC)c1ccc(NC(=O)Cc2c(C)[nH]c3ccccc23)cc1. The molecule has 0 aliphatic rings. The molecule has 0 bridgehead atoms. The van der Waals surface area contributed by atoms with Crippen molar-refractivity contribution in [2.45, 2.75) is 27.2 Å². The largest absolute Gasteiger partial charge is 0.372 e. The number of hydrogen-bond acceptors (Lipinski definition) is 2. The molecule has 0 spiro atoms. The number of rotatable bonds is 6. The van der Waals surface area contributed by atoms with Crippen molar-refractivity contribution < 1.29 is 4.79 Å². The van der Waals surface area contributed by atoms with Crippen LogP contribution in [0.15, 0.2) is 48.5 Å². The smallest absolute Gasteiger partial charge is 0.228 e. The van der Waals surface area contributed by atoms with Crippen LogP contribution < -0.4 is 10.2 Å². The van der Waals surface area contributed by atoms with E-state index in [-0.39, 0.29) is 5.91 Å². The summed E-state index contributed by atoms with van der Waals surface area (Å²) in [6.45, 7) is 8.25. The molecule has 0 atom stereocenters. The molecule has 0 aliphatic heterocycles. The van der Waals surface area contributed by atoms with Gasteiger partial charge in [-0.1, -0.05) is 18.2 Å². The van der Waals surface area contributed by atoms with Gasteiger partial charge in [-0.3, -0.25) is 4.79 Å². The topological polar surface area (TPSA) is 48.1 Å². The summed E-state index contributed by atoms with van der Waals surface area (Å²) in [6.07, 6.45) is 0.369. The predicted octanol–water partition coefficient (Wildman–Crippen LogP) is 4.50. The first-order valence-electron chi connectivity index (χ1n) is 8.83. The van der Waals surface area contributed by atoms with Crippen LogP contribution >= 0.6 is 0 Å². The van der Waals surface area contributed by atoms with Crippen molar-refractivity contribution in [2.75, 3.05) is 23.3 Å². The van der Waals surface area contributed by atoms with Crippen molar-refractivity contribution in [1.29, 1.82) is 0 Å². The van der Waals surface area contributed by atoms with Gasteiger partial charge in [0, 0.05) is 41.1 Å². The number of carbonyl (C=O) groups is 1. The summed E-state index contributed by atoms with van der Waals surface area (Å²) in [4.78, 5) is 18.1. The van der Waals surface area contributed by atoms with Crippen LogP contribution in [0.5, 0.6) is 0 Å². The Hall–Kier alpha value is -2.75. The number of fused-ring (bicyclic) bond motifs is 1. The zero-order chi connectivity index (χ0) is 17.8. The van der Waals surface area contributed by atoms with Crippen molar-refractivity contribution >= 4 is 28.2 Å². The predicted molar refractivity (Wildman–Crippen MR) is 105 cm³/mol. The summed E-state index contributed by atoms with van der Waals surface area (Å²) >= 11 is 0. The fourth-order valence-corrected chi connectivity index (χ4v) is 3.27. The van der Waals surface area contributed by atoms with Crippen LogP contribution in [0.3, 0.4) is 0 Å². The van der Waals surface area contributed by atoms with Crippen molar-refractivity contribution in [2.24, 2.45) is 0 Å². The van der Waals surface area contributed by atoms with E-state index >= 15 is 0 Å². The standard InChI is InChI=1S/C21H25N3O/c1-4-24(5-2)17-12-10-16(11-13-17)23-21(25)14-19-15(3)22-20-9-7-6-8-18(19)20/h6-13,22H,4-5,14H2,1-3H3,(H,23,25). The summed E-state index contributed by atoms with van der Waals surface area (Å²) in [5.41, 5.74) is 5.20. The van der Waals surface area contributed by atoms with Crippen molar-refractivity contribution in [3.05, 3.63) is 59.8 Å². The Bertz CT molecular complexity index is 860. The quantitative estimate of drug-likeness (QED) is 0.696. The second-order valence-corrected chi connectivity index (χ2v) is 6.22. The van der Waals surface area contributed by atoms with E-state index < -0.39 is 0 Å². The van der Waals surface area contributed by atoms with Crippen molar-refractivity contribution in [3.8, 4) is 0 Å². The Balaban J connectivity index is 1.71. The highest BCUT2D eigenvalue weighted by molar-refractivity contribution is 5.96. The van der Waals surface area contributed by atoms with E-state index in [0.29, 0.717) is 6.42 Å². The van der Waals surface area contributed by atoms with E-state index in [1.54, 1.807) is 0 Å². The molecule has 3 rings (SSSR count). The van der Waals surface area contributed by atoms with E-state index in [9.17, 15) is 4.79 Å². The molecule has 3 aromatic rings. The number of carbonyl (C=O) groups excluding carboxylic acids is 1. The van der Waals surface area contributed by atoms with Gasteiger partial charge in [0.05, 0.1) is 6.42 Å². The molecule has 1 amide bonds. The number of hydrogen-bond donors (Lipinski definition) is 2. The highest BCUT2D eigenvalue weighted by Gasteiger charge is 2.12. The van der Waals surface area contributed by atoms with Gasteiger partial charge in [-0.05, 0) is 56.7 Å². The van der Waals surface area contributed by atoms with Crippen LogP contribution in [-0.2, 0) is 11.2 Å². The Morgan fingerprint density at radius 2 is 1.72 bits per heavy atom. The minimum absolute atomic E-state index is 0.00319. The van der Waals surface area contributed by atoms with Crippen LogP contribution in [0.25, 0.3) is 10.9 Å². The normalized spacial score (nSPS) is 10.8. The molecule has 0 saturated carbocycles. The van der Waals surface area contributed by atoms with E-state index in [1.165, 1.54) is 5.69 Å². The molecule has 2 N–H and O–H groups in total. The molecule has 1 aromatic heterocycles. The first kappa shape index (κ1) is 17.1. The first-order chi connectivity index (χ1) is 12.1. The third kappa shape index (κ3) is 3.68. The Kier molecular flexibility index (Phi) is 5.08. The van der Waals surface area contributed by atoms with E-state index in [2.05, 4.69) is 47.2 Å². The maximum atomic E-state index is 12.5. The molecule has 2 aromatic carbocycles. The van der Waals surface area contributed by atoms with Gasteiger partial charge in [0.15, 0.2) is 0 Å². The molecular weight excluding hydrogens is 310 g/mol. The minimum atomic E-state index is 0.00319. The maximum Gasteiger partial charge on any atom is 0.228 e. The molecule has 130 valence electrons. The Labute approximate surface area is 148 Å². The van der Waals surface area contributed by atoms with Crippen LogP contribution in [0.2, 0.25) is 0 Å². The first-order valence-corrected chi connectivity index (χ1v) is 8.83. The lowest BCUT2D eigenvalue weighted by atomic mass is 10.1. The molecule has 0 radical (unpaired) electrons. The highest BCUT2D eigenvalue weighted by Crippen LogP contribution is 2.23. The zero-order valence-electron chi connectivity index (χ0n) is 15.1. The monoisotopic (exact) mass is 335 g/mol. The maximum absolute atomic E-state index is 12.5. The third-order valence-corrected chi connectivity index (χ3v) is 4.64. The van der Waals surface area contributed by atoms with Crippen molar-refractivity contribution in [1.82, 2.24) is 4.98 Å². The van der Waals surface area contributed by atoms with Crippen LogP contribution in [0.4, 0.5) is 11.4 Å². The number of benzene rings is 2. The molecule has 0 fully saturated rings. The fraction of sp³-hybridized carbons (Fsp3) is 0.286. The lowest BCUT2D eigenvalue weighted by molar-refractivity contribution is -0.115. The van der Waals surface area contributed by atoms with Gasteiger partial charge in [0.25, 0.3) is 0 Å². The van der Waals surface area contributed by atoms with E-state index in [1.807, 2.05) is 37.3 Å². The Morgan fingerprint density at radius 3 is 2.40 bits per heavy atom. The van der Waals surface area contributed by atoms with Crippen LogP contribution in [-0.4, -0.2) is 24.0 Å². The summed E-state index contributed by atoms with van der Waals surface area (Å²) in [6, 6.07) is 16.1. The molecule has 4 heteroatoms. The average molecular weight is 335 g/mol. The summed E-state index contributed by atoms with van der Waals surface area (Å²) in [5, 5.41) is 4.12. The summed E-state index contributed by atoms with van der Waals surface area (Å²) in [5.74, 6) is 0.00319. The lowest BCUT2D eigenvalue weighted by Crippen LogP contribution is -2.21. The van der Waals surface area contributed by atoms with Gasteiger partial charge in [-0.15, -0.1) is 0 Å². The molecule has 4 nitrogen and oxygen atoms in total. The number of anilines is 2. The second-order valence-electron chi connectivity index (χ2n) is 6.22. The molecule has 0 unspecified atom stereocenters. The number of nitrogens with one attached hydrogen (secondary N) is 2. The number of H-pyrrole nitrogens is 1. The number of amides is 1. The van der Waals surface area contributed by atoms with Gasteiger partial charge in [-0.25, -0.2) is 0 Å². The second kappa shape index (κ2) is 7.43. The van der Waals surface area contributed by atoms with Gasteiger partial charge in [0.1, 0.15) is 0 Å². The average Bonchev–Trinajstić information content (AvgIpc) is 2.93. The highest BCUT2D eigenvalue weighted by atomic mass is 16.1. The molecule has 0 aliphatic carbocycles. The van der Waals surface area contributed by atoms with Crippen LogP contribution in [0, 0.1) is 6.92 Å². The Morgan fingerprint density at radius 1 is 1.04 bits per heavy atom. The molecule has 1 heterocycles. The third-order valence-electron chi connectivity index (χ3n) is 4.64. The number of aryl methyl sites for hydroxylation is 1. The van der Waals surface area contributed by atoms with Crippen LogP contribution in [0.1, 0.15) is 25.1 Å². The summed E-state index contributed by atoms with van der Waals surface area (Å²) in [7, 11) is 0. The van der Waals surface area contributed by atoms with Gasteiger partial charge < -0.3 is 15.2 Å². The lowest BCUT2D eigenvalue weighted by Gasteiger charge is -2.21. The molecule has 0 saturated heterocycles. The molecule has 25 heavy (non-hydrogen) atoms. The fourth-order valence-electron chi connectivity index (χ4n) is 3.27. The van der Waals surface area contributed by atoms with Crippen molar-refractivity contribution in [3.63, 3.8) is 0 Å². The molecular formula is C21H25N3O. The van der Waals surface area contributed by atoms with E-state index in [0.717, 1.165) is 40.9 Å². The van der Waals surface area contributed by atoms with Gasteiger partial charge in [0.2, 0.25) is 5.91 Å². The van der Waals surface area contributed by atoms with Gasteiger partial charge >= 0.3 is 0 Å². The minimum Gasteiger partial charge on any atom is -0.372 e. The van der Waals surface area contributed by atoms with E-state index in [4.69, 9.17) is 0 Å². The number of para-hydroxylation sites is 1. The van der Waals surface area contributed by atoms with Gasteiger partial charge in [-0.2, -0.15) is 0 Å². The number of aromatic amines is 1. The number of aromatic nitrogens is 1. The zero-order valence-corrected chi connectivity index (χ0v) is 15.1. The summed E-state index contributed by atoms with van der Waals surface area (Å²) < 4.78 is 0.